The first kappa shape index (κ1) is 14.1. The maximum Gasteiger partial charge on any atom is 0.221 e. The van der Waals surface area contributed by atoms with Crippen molar-refractivity contribution in [3.8, 4) is 11.6 Å². The van der Waals surface area contributed by atoms with Crippen molar-refractivity contribution in [2.45, 2.75) is 32.0 Å². The van der Waals surface area contributed by atoms with E-state index in [-0.39, 0.29) is 0 Å². The zero-order valence-corrected chi connectivity index (χ0v) is 13.2. The van der Waals surface area contributed by atoms with Gasteiger partial charge in [0, 0.05) is 17.9 Å². The van der Waals surface area contributed by atoms with Crippen LogP contribution in [0.15, 0.2) is 24.3 Å². The van der Waals surface area contributed by atoms with Crippen LogP contribution < -0.4 is 4.74 Å². The summed E-state index contributed by atoms with van der Waals surface area (Å²) in [5.41, 5.74) is 3.44. The molecule has 1 heterocycles. The average molecular weight is 323 g/mol. The molecule has 1 aromatic heterocycles. The van der Waals surface area contributed by atoms with Crippen LogP contribution in [0.1, 0.15) is 30.2 Å². The fourth-order valence-electron chi connectivity index (χ4n) is 2.09. The summed E-state index contributed by atoms with van der Waals surface area (Å²) in [5.74, 6) is 1.66. The molecular formula is C15H19BrN2O. The first-order chi connectivity index (χ1) is 9.15. The monoisotopic (exact) mass is 322 g/mol. The van der Waals surface area contributed by atoms with E-state index in [4.69, 9.17) is 4.74 Å². The highest BCUT2D eigenvalue weighted by Crippen LogP contribution is 2.29. The van der Waals surface area contributed by atoms with Crippen LogP contribution in [0.2, 0.25) is 0 Å². The van der Waals surface area contributed by atoms with Crippen LogP contribution in [-0.2, 0) is 18.8 Å². The van der Waals surface area contributed by atoms with Crippen molar-refractivity contribution in [2.75, 3.05) is 0 Å². The fraction of sp³-hybridized carbons (Fsp3) is 0.400. The maximum absolute atomic E-state index is 5.96. The van der Waals surface area contributed by atoms with Gasteiger partial charge in [0.1, 0.15) is 5.75 Å². The lowest BCUT2D eigenvalue weighted by Crippen LogP contribution is -1.96. The molecule has 2 aromatic rings. The number of aromatic nitrogens is 2. The smallest absolute Gasteiger partial charge is 0.221 e. The maximum atomic E-state index is 5.96. The van der Waals surface area contributed by atoms with E-state index in [1.165, 1.54) is 5.56 Å². The van der Waals surface area contributed by atoms with E-state index in [1.807, 2.05) is 26.1 Å². The molecule has 0 aliphatic carbocycles. The Morgan fingerprint density at radius 1 is 1.26 bits per heavy atom. The molecule has 102 valence electrons. The van der Waals surface area contributed by atoms with Crippen LogP contribution in [0.4, 0.5) is 0 Å². The molecule has 4 heteroatoms. The van der Waals surface area contributed by atoms with Crippen molar-refractivity contribution in [1.82, 2.24) is 9.78 Å². The minimum Gasteiger partial charge on any atom is -0.439 e. The molecule has 3 nitrogen and oxygen atoms in total. The largest absolute Gasteiger partial charge is 0.439 e. The van der Waals surface area contributed by atoms with Crippen LogP contribution >= 0.6 is 15.9 Å². The molecule has 0 bridgehead atoms. The van der Waals surface area contributed by atoms with Crippen LogP contribution in [0.3, 0.4) is 0 Å². The molecule has 19 heavy (non-hydrogen) atoms. The van der Waals surface area contributed by atoms with E-state index in [0.29, 0.717) is 0 Å². The summed E-state index contributed by atoms with van der Waals surface area (Å²) in [5, 5.41) is 5.13. The highest BCUT2D eigenvalue weighted by atomic mass is 79.9. The second kappa shape index (κ2) is 6.24. The van der Waals surface area contributed by atoms with E-state index in [0.717, 1.165) is 41.1 Å². The molecule has 0 aliphatic heterocycles. The van der Waals surface area contributed by atoms with Gasteiger partial charge in [0.05, 0.1) is 5.69 Å². The third-order valence-electron chi connectivity index (χ3n) is 3.10. The molecule has 0 amide bonds. The van der Waals surface area contributed by atoms with Crippen molar-refractivity contribution in [3.05, 3.63) is 41.1 Å². The van der Waals surface area contributed by atoms with Crippen LogP contribution in [0.5, 0.6) is 11.6 Å². The Kier molecular flexibility index (Phi) is 4.64. The van der Waals surface area contributed by atoms with Crippen LogP contribution in [-0.4, -0.2) is 9.78 Å². The molecule has 0 saturated carbocycles. The quantitative estimate of drug-likeness (QED) is 0.764. The minimum absolute atomic E-state index is 0.746. The number of ether oxygens (including phenoxy) is 1. The van der Waals surface area contributed by atoms with Gasteiger partial charge in [-0.3, -0.25) is 0 Å². The van der Waals surface area contributed by atoms with Crippen molar-refractivity contribution < 1.29 is 4.74 Å². The Morgan fingerprint density at radius 2 is 1.95 bits per heavy atom. The second-order valence-electron chi connectivity index (χ2n) is 4.62. The molecule has 0 spiro atoms. The lowest BCUT2D eigenvalue weighted by Gasteiger charge is -2.08. The number of aryl methyl sites for hydroxylation is 3. The molecule has 0 fully saturated rings. The standard InChI is InChI=1S/C15H19BrN2O/c1-4-5-12-6-8-13(9-7-12)19-15-14(10-16)11(2)17-18(15)3/h6-9H,4-5,10H2,1-3H3. The molecular weight excluding hydrogens is 304 g/mol. The van der Waals surface area contributed by atoms with E-state index in [9.17, 15) is 0 Å². The Bertz CT molecular complexity index is 546. The highest BCUT2D eigenvalue weighted by molar-refractivity contribution is 9.08. The number of hydrogen-bond donors (Lipinski definition) is 0. The summed E-state index contributed by atoms with van der Waals surface area (Å²) < 4.78 is 7.74. The van der Waals surface area contributed by atoms with Gasteiger partial charge >= 0.3 is 0 Å². The van der Waals surface area contributed by atoms with Gasteiger partial charge in [-0.2, -0.15) is 5.10 Å². The summed E-state index contributed by atoms with van der Waals surface area (Å²) in [7, 11) is 1.90. The molecule has 0 N–H and O–H groups in total. The van der Waals surface area contributed by atoms with E-state index < -0.39 is 0 Å². The van der Waals surface area contributed by atoms with Gasteiger partial charge in [-0.15, -0.1) is 0 Å². The van der Waals surface area contributed by atoms with Crippen molar-refractivity contribution in [1.29, 1.82) is 0 Å². The number of alkyl halides is 1. The van der Waals surface area contributed by atoms with Gasteiger partial charge in [0.25, 0.3) is 0 Å². The first-order valence-electron chi connectivity index (χ1n) is 6.51. The average Bonchev–Trinajstić information content (AvgIpc) is 2.66. The van der Waals surface area contributed by atoms with Crippen LogP contribution in [0.25, 0.3) is 0 Å². The summed E-state index contributed by atoms with van der Waals surface area (Å²) >= 11 is 3.48. The number of hydrogen-bond acceptors (Lipinski definition) is 2. The topological polar surface area (TPSA) is 27.1 Å². The molecule has 0 aliphatic rings. The van der Waals surface area contributed by atoms with Gasteiger partial charge in [-0.05, 0) is 31.0 Å². The van der Waals surface area contributed by atoms with Crippen LogP contribution in [0, 0.1) is 6.92 Å². The molecule has 0 saturated heterocycles. The third kappa shape index (κ3) is 3.18. The van der Waals surface area contributed by atoms with Gasteiger partial charge in [-0.25, -0.2) is 4.68 Å². The molecule has 2 rings (SSSR count). The van der Waals surface area contributed by atoms with Gasteiger partial charge < -0.3 is 4.74 Å². The van der Waals surface area contributed by atoms with Crippen molar-refractivity contribution >= 4 is 15.9 Å². The Labute approximate surface area is 122 Å². The SMILES string of the molecule is CCCc1ccc(Oc2c(CBr)c(C)nn2C)cc1. The normalized spacial score (nSPS) is 10.7. The van der Waals surface area contributed by atoms with Crippen molar-refractivity contribution in [2.24, 2.45) is 7.05 Å². The fourth-order valence-corrected chi connectivity index (χ4v) is 2.73. The molecule has 1 aromatic carbocycles. The lowest BCUT2D eigenvalue weighted by molar-refractivity contribution is 0.427. The number of halogens is 1. The molecule has 0 unspecified atom stereocenters. The Hall–Kier alpha value is -1.29. The molecule has 0 radical (unpaired) electrons. The number of rotatable bonds is 5. The zero-order valence-electron chi connectivity index (χ0n) is 11.6. The predicted octanol–water partition coefficient (Wildman–Crippen LogP) is 4.37. The predicted molar refractivity (Wildman–Crippen MR) is 81.1 cm³/mol. The minimum atomic E-state index is 0.746. The Balaban J connectivity index is 2.21. The number of nitrogens with zero attached hydrogens (tertiary/aromatic N) is 2. The summed E-state index contributed by atoms with van der Waals surface area (Å²) in [6.07, 6.45) is 2.27. The zero-order chi connectivity index (χ0) is 13.8. The second-order valence-corrected chi connectivity index (χ2v) is 5.18. The third-order valence-corrected chi connectivity index (χ3v) is 3.66. The van der Waals surface area contributed by atoms with E-state index in [1.54, 1.807) is 4.68 Å². The lowest BCUT2D eigenvalue weighted by atomic mass is 10.1. The van der Waals surface area contributed by atoms with E-state index in [2.05, 4.69) is 40.1 Å². The Morgan fingerprint density at radius 3 is 2.53 bits per heavy atom. The first-order valence-corrected chi connectivity index (χ1v) is 7.63. The van der Waals surface area contributed by atoms with Gasteiger partial charge in [0.15, 0.2) is 0 Å². The van der Waals surface area contributed by atoms with Gasteiger partial charge in [0.2, 0.25) is 5.88 Å². The summed E-state index contributed by atoms with van der Waals surface area (Å²) in [6.45, 7) is 4.18. The van der Waals surface area contributed by atoms with Crippen molar-refractivity contribution in [3.63, 3.8) is 0 Å². The number of benzene rings is 1. The summed E-state index contributed by atoms with van der Waals surface area (Å²) in [4.78, 5) is 0. The summed E-state index contributed by atoms with van der Waals surface area (Å²) in [6, 6.07) is 8.28. The highest BCUT2D eigenvalue weighted by Gasteiger charge is 2.14. The van der Waals surface area contributed by atoms with Gasteiger partial charge in [-0.1, -0.05) is 41.4 Å². The van der Waals surface area contributed by atoms with E-state index >= 15 is 0 Å². The molecule has 0 atom stereocenters.